The number of hydrogen-bond donors (Lipinski definition) is 0. The van der Waals surface area contributed by atoms with Crippen molar-refractivity contribution in [2.24, 2.45) is 0 Å². The fourth-order valence-corrected chi connectivity index (χ4v) is 3.91. The third kappa shape index (κ3) is 6.10. The molecule has 0 aromatic heterocycles. The molecule has 1 saturated heterocycles. The summed E-state index contributed by atoms with van der Waals surface area (Å²) in [4.78, 5) is 19.3. The minimum atomic E-state index is -0.222. The Morgan fingerprint density at radius 3 is 2.42 bits per heavy atom. The highest BCUT2D eigenvalue weighted by molar-refractivity contribution is 5.78. The van der Waals surface area contributed by atoms with Crippen molar-refractivity contribution in [2.75, 3.05) is 58.4 Å². The monoisotopic (exact) mass is 429 g/mol. The lowest BCUT2D eigenvalue weighted by Gasteiger charge is -2.26. The van der Waals surface area contributed by atoms with Gasteiger partial charge in [0.15, 0.2) is 11.5 Å². The molecule has 0 spiro atoms. The highest BCUT2D eigenvalue weighted by atomic mass is 19.1. The molecular weight excluding hydrogens is 397 g/mol. The number of carbonyl (C=O) groups is 1. The van der Waals surface area contributed by atoms with Crippen LogP contribution < -0.4 is 14.4 Å². The molecule has 1 aliphatic heterocycles. The molecule has 0 aliphatic carbocycles. The van der Waals surface area contributed by atoms with E-state index in [1.165, 1.54) is 12.1 Å². The van der Waals surface area contributed by atoms with Gasteiger partial charge in [0.2, 0.25) is 5.91 Å². The van der Waals surface area contributed by atoms with Crippen LogP contribution in [0.1, 0.15) is 18.9 Å². The molecule has 0 N–H and O–H groups in total. The molecule has 1 aliphatic rings. The molecular formula is C24H32FN3O3. The summed E-state index contributed by atoms with van der Waals surface area (Å²) in [7, 11) is 3.22. The standard InChI is InChI=1S/C24H32FN3O3/c1-4-27(17-19-6-11-22(30-2)23(16-19)31-3)24(29)18-26-12-5-13-28(15-14-26)21-9-7-20(25)8-10-21/h6-11,16H,4-5,12-15,17-18H2,1-3H3. The molecule has 0 unspecified atom stereocenters. The first kappa shape index (κ1) is 22.9. The minimum absolute atomic E-state index is 0.118. The summed E-state index contributed by atoms with van der Waals surface area (Å²) in [6, 6.07) is 12.4. The number of hydrogen-bond acceptors (Lipinski definition) is 5. The van der Waals surface area contributed by atoms with Crippen LogP contribution in [-0.4, -0.2) is 69.2 Å². The zero-order chi connectivity index (χ0) is 22.2. The fraction of sp³-hybridized carbons (Fsp3) is 0.458. The maximum absolute atomic E-state index is 13.2. The van der Waals surface area contributed by atoms with E-state index in [1.807, 2.05) is 42.2 Å². The minimum Gasteiger partial charge on any atom is -0.493 e. The van der Waals surface area contributed by atoms with E-state index < -0.39 is 0 Å². The van der Waals surface area contributed by atoms with Crippen molar-refractivity contribution in [3.8, 4) is 11.5 Å². The Morgan fingerprint density at radius 1 is 1.00 bits per heavy atom. The quantitative estimate of drug-likeness (QED) is 0.644. The number of anilines is 1. The summed E-state index contributed by atoms with van der Waals surface area (Å²) < 4.78 is 23.9. The summed E-state index contributed by atoms with van der Waals surface area (Å²) in [5.74, 6) is 1.24. The normalized spacial score (nSPS) is 14.8. The third-order valence-electron chi connectivity index (χ3n) is 5.69. The molecule has 0 bridgehead atoms. The molecule has 1 amide bonds. The van der Waals surface area contributed by atoms with E-state index in [-0.39, 0.29) is 11.7 Å². The van der Waals surface area contributed by atoms with E-state index in [2.05, 4.69) is 9.80 Å². The predicted octanol–water partition coefficient (Wildman–Crippen LogP) is 3.40. The van der Waals surface area contributed by atoms with Gasteiger partial charge in [-0.15, -0.1) is 0 Å². The lowest BCUT2D eigenvalue weighted by Crippen LogP contribution is -2.41. The van der Waals surface area contributed by atoms with E-state index >= 15 is 0 Å². The number of amides is 1. The van der Waals surface area contributed by atoms with Crippen molar-refractivity contribution >= 4 is 11.6 Å². The highest BCUT2D eigenvalue weighted by Crippen LogP contribution is 2.28. The van der Waals surface area contributed by atoms with Crippen LogP contribution in [-0.2, 0) is 11.3 Å². The lowest BCUT2D eigenvalue weighted by atomic mass is 10.2. The number of likely N-dealkylation sites (N-methyl/N-ethyl adjacent to an activating group) is 1. The van der Waals surface area contributed by atoms with Gasteiger partial charge in [0, 0.05) is 45.0 Å². The van der Waals surface area contributed by atoms with Crippen molar-refractivity contribution in [3.63, 3.8) is 0 Å². The molecule has 168 valence electrons. The number of nitrogens with zero attached hydrogens (tertiary/aromatic N) is 3. The summed E-state index contributed by atoms with van der Waals surface area (Å²) in [6.07, 6.45) is 0.965. The molecule has 0 radical (unpaired) electrons. The zero-order valence-corrected chi connectivity index (χ0v) is 18.6. The Hall–Kier alpha value is -2.80. The van der Waals surface area contributed by atoms with Gasteiger partial charge < -0.3 is 19.3 Å². The SMILES string of the molecule is CCN(Cc1ccc(OC)c(OC)c1)C(=O)CN1CCCN(c2ccc(F)cc2)CC1. The first-order valence-electron chi connectivity index (χ1n) is 10.8. The van der Waals surface area contributed by atoms with Gasteiger partial charge in [-0.3, -0.25) is 9.69 Å². The Balaban J connectivity index is 1.57. The molecule has 0 saturated carbocycles. The Kier molecular flexibility index (Phi) is 8.12. The van der Waals surface area contributed by atoms with Crippen LogP contribution in [0.25, 0.3) is 0 Å². The second kappa shape index (κ2) is 11.0. The summed E-state index contributed by atoms with van der Waals surface area (Å²) in [6.45, 7) is 6.97. The van der Waals surface area contributed by atoms with E-state index in [0.717, 1.165) is 43.9 Å². The smallest absolute Gasteiger partial charge is 0.237 e. The van der Waals surface area contributed by atoms with E-state index in [0.29, 0.717) is 31.1 Å². The molecule has 1 fully saturated rings. The maximum Gasteiger partial charge on any atom is 0.237 e. The van der Waals surface area contributed by atoms with Gasteiger partial charge >= 0.3 is 0 Å². The number of methoxy groups -OCH3 is 2. The maximum atomic E-state index is 13.2. The number of benzene rings is 2. The summed E-state index contributed by atoms with van der Waals surface area (Å²) >= 11 is 0. The highest BCUT2D eigenvalue weighted by Gasteiger charge is 2.20. The van der Waals surface area contributed by atoms with Crippen LogP contribution in [0.15, 0.2) is 42.5 Å². The van der Waals surface area contributed by atoms with Crippen LogP contribution in [0.4, 0.5) is 10.1 Å². The molecule has 1 heterocycles. The second-order valence-electron chi connectivity index (χ2n) is 7.69. The molecule has 0 atom stereocenters. The van der Waals surface area contributed by atoms with Gasteiger partial charge in [0.05, 0.1) is 20.8 Å². The van der Waals surface area contributed by atoms with Crippen LogP contribution in [0.3, 0.4) is 0 Å². The predicted molar refractivity (Wildman–Crippen MR) is 120 cm³/mol. The van der Waals surface area contributed by atoms with E-state index in [4.69, 9.17) is 9.47 Å². The average molecular weight is 430 g/mol. The third-order valence-corrected chi connectivity index (χ3v) is 5.69. The summed E-state index contributed by atoms with van der Waals surface area (Å²) in [5.41, 5.74) is 2.03. The van der Waals surface area contributed by atoms with Crippen LogP contribution in [0.5, 0.6) is 11.5 Å². The number of carbonyl (C=O) groups excluding carboxylic acids is 1. The van der Waals surface area contributed by atoms with Gasteiger partial charge in [-0.1, -0.05) is 6.07 Å². The topological polar surface area (TPSA) is 45.3 Å². The van der Waals surface area contributed by atoms with Crippen LogP contribution >= 0.6 is 0 Å². The summed E-state index contributed by atoms with van der Waals surface area (Å²) in [5, 5.41) is 0. The number of ether oxygens (including phenoxy) is 2. The Bertz CT molecular complexity index is 860. The molecule has 31 heavy (non-hydrogen) atoms. The van der Waals surface area contributed by atoms with Crippen LogP contribution in [0, 0.1) is 5.82 Å². The van der Waals surface area contributed by atoms with Gasteiger partial charge in [0.25, 0.3) is 0 Å². The van der Waals surface area contributed by atoms with E-state index in [1.54, 1.807) is 14.2 Å². The molecule has 3 rings (SSSR count). The Labute approximate surface area is 184 Å². The van der Waals surface area contributed by atoms with Gasteiger partial charge in [0.1, 0.15) is 5.82 Å². The number of rotatable bonds is 8. The molecule has 7 heteroatoms. The van der Waals surface area contributed by atoms with Crippen molar-refractivity contribution in [1.82, 2.24) is 9.80 Å². The van der Waals surface area contributed by atoms with E-state index in [9.17, 15) is 9.18 Å². The second-order valence-corrected chi connectivity index (χ2v) is 7.69. The lowest BCUT2D eigenvalue weighted by molar-refractivity contribution is -0.132. The first-order chi connectivity index (χ1) is 15.0. The Morgan fingerprint density at radius 2 is 1.74 bits per heavy atom. The van der Waals surface area contributed by atoms with Crippen molar-refractivity contribution in [2.45, 2.75) is 19.9 Å². The molecule has 2 aromatic rings. The average Bonchev–Trinajstić information content (AvgIpc) is 3.03. The van der Waals surface area contributed by atoms with Crippen molar-refractivity contribution in [1.29, 1.82) is 0 Å². The first-order valence-corrected chi connectivity index (χ1v) is 10.8. The van der Waals surface area contributed by atoms with Gasteiger partial charge in [-0.2, -0.15) is 0 Å². The fourth-order valence-electron chi connectivity index (χ4n) is 3.91. The van der Waals surface area contributed by atoms with Crippen molar-refractivity contribution < 1.29 is 18.7 Å². The van der Waals surface area contributed by atoms with Crippen molar-refractivity contribution in [3.05, 3.63) is 53.8 Å². The molecule has 2 aromatic carbocycles. The zero-order valence-electron chi connectivity index (χ0n) is 18.6. The van der Waals surface area contributed by atoms with Gasteiger partial charge in [-0.05, 0) is 55.3 Å². The number of halogens is 1. The van der Waals surface area contributed by atoms with Crippen LogP contribution in [0.2, 0.25) is 0 Å². The van der Waals surface area contributed by atoms with Gasteiger partial charge in [-0.25, -0.2) is 4.39 Å². The molecule has 6 nitrogen and oxygen atoms in total. The largest absolute Gasteiger partial charge is 0.493 e.